The summed E-state index contributed by atoms with van der Waals surface area (Å²) in [6.45, 7) is 7.75. The fourth-order valence-electron chi connectivity index (χ4n) is 1.65. The van der Waals surface area contributed by atoms with E-state index in [1.165, 1.54) is 6.33 Å². The molecule has 5 nitrogen and oxygen atoms in total. The van der Waals surface area contributed by atoms with Crippen LogP contribution in [-0.4, -0.2) is 29.2 Å². The van der Waals surface area contributed by atoms with E-state index in [9.17, 15) is 0 Å². The van der Waals surface area contributed by atoms with Gasteiger partial charge in [-0.25, -0.2) is 9.97 Å². The Morgan fingerprint density at radius 3 is 2.78 bits per heavy atom. The van der Waals surface area contributed by atoms with Crippen LogP contribution in [0, 0.1) is 5.92 Å². The molecule has 1 atom stereocenters. The minimum absolute atomic E-state index is 0.323. The van der Waals surface area contributed by atoms with E-state index >= 15 is 0 Å². The molecule has 3 N–H and O–H groups in total. The maximum Gasteiger partial charge on any atom is 0.218 e. The third kappa shape index (κ3) is 4.87. The lowest BCUT2D eigenvalue weighted by atomic mass is 10.0. The minimum atomic E-state index is 0.323. The average Bonchev–Trinajstić information content (AvgIpc) is 2.36. The van der Waals surface area contributed by atoms with Crippen molar-refractivity contribution in [2.24, 2.45) is 11.7 Å². The molecule has 0 aliphatic rings. The molecule has 0 saturated heterocycles. The molecule has 18 heavy (non-hydrogen) atoms. The van der Waals surface area contributed by atoms with Crippen LogP contribution >= 0.6 is 0 Å². The average molecular weight is 252 g/mol. The molecule has 0 aliphatic heterocycles. The highest BCUT2D eigenvalue weighted by molar-refractivity contribution is 5.38. The van der Waals surface area contributed by atoms with Gasteiger partial charge in [0.05, 0.1) is 6.61 Å². The van der Waals surface area contributed by atoms with Gasteiger partial charge in [0.25, 0.3) is 0 Å². The van der Waals surface area contributed by atoms with Crippen LogP contribution in [-0.2, 0) is 0 Å². The first-order valence-corrected chi connectivity index (χ1v) is 6.58. The van der Waals surface area contributed by atoms with Crippen molar-refractivity contribution in [2.45, 2.75) is 39.7 Å². The molecule has 1 heterocycles. The van der Waals surface area contributed by atoms with Gasteiger partial charge < -0.3 is 15.8 Å². The minimum Gasteiger partial charge on any atom is -0.478 e. The highest BCUT2D eigenvalue weighted by atomic mass is 16.5. The summed E-state index contributed by atoms with van der Waals surface area (Å²) in [5.74, 6) is 1.91. The van der Waals surface area contributed by atoms with E-state index in [1.807, 2.05) is 6.07 Å². The molecule has 0 bridgehead atoms. The van der Waals surface area contributed by atoms with Crippen LogP contribution in [0.3, 0.4) is 0 Å². The molecule has 0 radical (unpaired) electrons. The Bertz CT molecular complexity index is 344. The van der Waals surface area contributed by atoms with Crippen molar-refractivity contribution in [2.75, 3.05) is 18.5 Å². The van der Waals surface area contributed by atoms with Gasteiger partial charge in [0, 0.05) is 12.1 Å². The topological polar surface area (TPSA) is 73.1 Å². The SMILES string of the molecule is CCCOc1cc(NC(CCN)C(C)C)ncn1. The van der Waals surface area contributed by atoms with Crippen molar-refractivity contribution >= 4 is 5.82 Å². The zero-order chi connectivity index (χ0) is 13.4. The standard InChI is InChI=1S/C13H24N4O/c1-4-7-18-13-8-12(15-9-16-13)17-11(5-6-14)10(2)3/h8-11H,4-7,14H2,1-3H3,(H,15,16,17). The summed E-state index contributed by atoms with van der Waals surface area (Å²) in [4.78, 5) is 8.29. The molecule has 0 saturated carbocycles. The molecule has 5 heteroatoms. The maximum absolute atomic E-state index is 5.62. The molecule has 0 spiro atoms. The number of hydrogen-bond donors (Lipinski definition) is 2. The third-order valence-electron chi connectivity index (χ3n) is 2.71. The molecule has 1 aromatic heterocycles. The second kappa shape index (κ2) is 7.87. The Morgan fingerprint density at radius 2 is 2.17 bits per heavy atom. The van der Waals surface area contributed by atoms with E-state index in [4.69, 9.17) is 10.5 Å². The van der Waals surface area contributed by atoms with Crippen LogP contribution in [0.4, 0.5) is 5.82 Å². The summed E-state index contributed by atoms with van der Waals surface area (Å²) in [5, 5.41) is 3.39. The normalized spacial score (nSPS) is 12.5. The molecule has 0 amide bonds. The highest BCUT2D eigenvalue weighted by Crippen LogP contribution is 2.16. The lowest BCUT2D eigenvalue weighted by Crippen LogP contribution is -2.28. The zero-order valence-electron chi connectivity index (χ0n) is 11.5. The van der Waals surface area contributed by atoms with Gasteiger partial charge in [-0.3, -0.25) is 0 Å². The number of hydrogen-bond acceptors (Lipinski definition) is 5. The molecule has 1 unspecified atom stereocenters. The van der Waals surface area contributed by atoms with Gasteiger partial charge in [-0.1, -0.05) is 20.8 Å². The van der Waals surface area contributed by atoms with Gasteiger partial charge >= 0.3 is 0 Å². The Kier molecular flexibility index (Phi) is 6.43. The van der Waals surface area contributed by atoms with Crippen molar-refractivity contribution in [1.82, 2.24) is 9.97 Å². The second-order valence-electron chi connectivity index (χ2n) is 4.66. The van der Waals surface area contributed by atoms with Gasteiger partial charge in [0.2, 0.25) is 5.88 Å². The lowest BCUT2D eigenvalue weighted by Gasteiger charge is -2.22. The van der Waals surface area contributed by atoms with Crippen LogP contribution in [0.15, 0.2) is 12.4 Å². The predicted octanol–water partition coefficient (Wildman–Crippen LogP) is 2.05. The fourth-order valence-corrected chi connectivity index (χ4v) is 1.65. The summed E-state index contributed by atoms with van der Waals surface area (Å²) in [6.07, 6.45) is 3.41. The van der Waals surface area contributed by atoms with Gasteiger partial charge in [-0.15, -0.1) is 0 Å². The maximum atomic E-state index is 5.62. The quantitative estimate of drug-likeness (QED) is 0.740. The Hall–Kier alpha value is -1.36. The van der Waals surface area contributed by atoms with Crippen LogP contribution < -0.4 is 15.8 Å². The molecule has 0 aromatic carbocycles. The number of ether oxygens (including phenoxy) is 1. The van der Waals surface area contributed by atoms with E-state index in [0.717, 1.165) is 18.7 Å². The number of nitrogens with two attached hydrogens (primary N) is 1. The largest absolute Gasteiger partial charge is 0.478 e. The van der Waals surface area contributed by atoms with Crippen molar-refractivity contribution in [1.29, 1.82) is 0 Å². The second-order valence-corrected chi connectivity index (χ2v) is 4.66. The number of rotatable bonds is 8. The fraction of sp³-hybridized carbons (Fsp3) is 0.692. The molecule has 0 aliphatic carbocycles. The molecule has 1 aromatic rings. The summed E-state index contributed by atoms with van der Waals surface area (Å²) in [7, 11) is 0. The van der Waals surface area contributed by atoms with Gasteiger partial charge in [0.15, 0.2) is 0 Å². The monoisotopic (exact) mass is 252 g/mol. The summed E-state index contributed by atoms with van der Waals surface area (Å²) in [6, 6.07) is 2.16. The van der Waals surface area contributed by atoms with Crippen LogP contribution in [0.2, 0.25) is 0 Å². The highest BCUT2D eigenvalue weighted by Gasteiger charge is 2.13. The van der Waals surface area contributed by atoms with E-state index in [0.29, 0.717) is 31.0 Å². The third-order valence-corrected chi connectivity index (χ3v) is 2.71. The predicted molar refractivity (Wildman–Crippen MR) is 73.7 cm³/mol. The molecule has 102 valence electrons. The number of aromatic nitrogens is 2. The lowest BCUT2D eigenvalue weighted by molar-refractivity contribution is 0.305. The Morgan fingerprint density at radius 1 is 1.39 bits per heavy atom. The van der Waals surface area contributed by atoms with Crippen molar-refractivity contribution < 1.29 is 4.74 Å². The van der Waals surface area contributed by atoms with Gasteiger partial charge in [-0.2, -0.15) is 0 Å². The Balaban J connectivity index is 2.64. The molecule has 0 fully saturated rings. The Labute approximate surface area is 109 Å². The van der Waals surface area contributed by atoms with E-state index in [2.05, 4.69) is 36.1 Å². The summed E-state index contributed by atoms with van der Waals surface area (Å²) < 4.78 is 5.48. The smallest absolute Gasteiger partial charge is 0.218 e. The van der Waals surface area contributed by atoms with Crippen LogP contribution in [0.5, 0.6) is 5.88 Å². The number of nitrogens with zero attached hydrogens (tertiary/aromatic N) is 2. The summed E-state index contributed by atoms with van der Waals surface area (Å²) in [5.41, 5.74) is 5.62. The number of nitrogens with one attached hydrogen (secondary N) is 1. The van der Waals surface area contributed by atoms with Crippen LogP contribution in [0.1, 0.15) is 33.6 Å². The van der Waals surface area contributed by atoms with Crippen molar-refractivity contribution in [3.63, 3.8) is 0 Å². The van der Waals surface area contributed by atoms with Crippen molar-refractivity contribution in [3.8, 4) is 5.88 Å². The van der Waals surface area contributed by atoms with Gasteiger partial charge in [0.1, 0.15) is 12.1 Å². The first kappa shape index (κ1) is 14.7. The van der Waals surface area contributed by atoms with E-state index < -0.39 is 0 Å². The first-order valence-electron chi connectivity index (χ1n) is 6.58. The van der Waals surface area contributed by atoms with Gasteiger partial charge in [-0.05, 0) is 25.3 Å². The molecular formula is C13H24N4O. The van der Waals surface area contributed by atoms with E-state index in [-0.39, 0.29) is 0 Å². The molecular weight excluding hydrogens is 228 g/mol. The first-order chi connectivity index (χ1) is 8.67. The number of anilines is 1. The zero-order valence-corrected chi connectivity index (χ0v) is 11.5. The van der Waals surface area contributed by atoms with E-state index in [1.54, 1.807) is 0 Å². The molecule has 1 rings (SSSR count). The summed E-state index contributed by atoms with van der Waals surface area (Å²) >= 11 is 0. The van der Waals surface area contributed by atoms with Crippen molar-refractivity contribution in [3.05, 3.63) is 12.4 Å². The van der Waals surface area contributed by atoms with Crippen LogP contribution in [0.25, 0.3) is 0 Å².